The van der Waals surface area contributed by atoms with E-state index in [2.05, 4.69) is 19.2 Å². The lowest BCUT2D eigenvalue weighted by Crippen LogP contribution is -2.57. The van der Waals surface area contributed by atoms with Crippen LogP contribution in [-0.2, 0) is 9.59 Å². The molecule has 2 saturated carbocycles. The Hall–Kier alpha value is -1.32. The molecule has 0 aromatic rings. The standard InChI is InChI=1S/C19H28N2O2/c1-18-8-6-14-12(13(18)3-4-15(18)17(20)23)10-21-16-9-11(22)5-7-19(14,16)2/h9,12-15,21H,3-8,10H2,1-2H3,(H2,20,23). The molecule has 6 unspecified atom stereocenters. The Labute approximate surface area is 138 Å². The zero-order valence-corrected chi connectivity index (χ0v) is 14.2. The van der Waals surface area contributed by atoms with Crippen LogP contribution in [-0.4, -0.2) is 18.2 Å². The quantitative estimate of drug-likeness (QED) is 0.780. The van der Waals surface area contributed by atoms with E-state index < -0.39 is 0 Å². The molecule has 4 heteroatoms. The zero-order chi connectivity index (χ0) is 16.4. The molecule has 0 spiro atoms. The first-order valence-corrected chi connectivity index (χ1v) is 9.14. The number of allylic oxidation sites excluding steroid dienone is 2. The van der Waals surface area contributed by atoms with Crippen molar-refractivity contribution in [2.75, 3.05) is 6.54 Å². The number of fused-ring (bicyclic) bond motifs is 5. The van der Waals surface area contributed by atoms with Crippen molar-refractivity contribution in [2.24, 2.45) is 40.2 Å². The molecular weight excluding hydrogens is 288 g/mol. The summed E-state index contributed by atoms with van der Waals surface area (Å²) in [5.74, 6) is 2.03. The smallest absolute Gasteiger partial charge is 0.221 e. The molecule has 1 saturated heterocycles. The fourth-order valence-electron chi connectivity index (χ4n) is 6.61. The van der Waals surface area contributed by atoms with Crippen molar-refractivity contribution in [3.05, 3.63) is 11.8 Å². The maximum absolute atomic E-state index is 11.9. The van der Waals surface area contributed by atoms with Crippen LogP contribution >= 0.6 is 0 Å². The lowest BCUT2D eigenvalue weighted by Gasteiger charge is -2.58. The van der Waals surface area contributed by atoms with Crippen LogP contribution < -0.4 is 11.1 Å². The Morgan fingerprint density at radius 1 is 1.22 bits per heavy atom. The first kappa shape index (κ1) is 15.2. The van der Waals surface area contributed by atoms with E-state index in [9.17, 15) is 9.59 Å². The van der Waals surface area contributed by atoms with Gasteiger partial charge in [-0.3, -0.25) is 9.59 Å². The SMILES string of the molecule is CC12CCC(=O)C=C1NCC1C2CCC2(C)C(C(N)=O)CCC12. The minimum Gasteiger partial charge on any atom is -0.387 e. The van der Waals surface area contributed by atoms with Crippen molar-refractivity contribution in [1.82, 2.24) is 5.32 Å². The van der Waals surface area contributed by atoms with E-state index in [0.29, 0.717) is 24.2 Å². The number of piperidine rings is 1. The molecule has 6 atom stereocenters. The van der Waals surface area contributed by atoms with E-state index in [1.165, 1.54) is 5.70 Å². The van der Waals surface area contributed by atoms with Crippen LogP contribution in [0.3, 0.4) is 0 Å². The average Bonchev–Trinajstić information content (AvgIpc) is 2.85. The maximum atomic E-state index is 11.9. The summed E-state index contributed by atoms with van der Waals surface area (Å²) in [4.78, 5) is 23.7. The molecule has 23 heavy (non-hydrogen) atoms. The van der Waals surface area contributed by atoms with Crippen molar-refractivity contribution in [3.63, 3.8) is 0 Å². The molecule has 3 aliphatic carbocycles. The molecular formula is C19H28N2O2. The maximum Gasteiger partial charge on any atom is 0.221 e. The predicted molar refractivity (Wildman–Crippen MR) is 88.2 cm³/mol. The molecule has 1 aliphatic heterocycles. The monoisotopic (exact) mass is 316 g/mol. The van der Waals surface area contributed by atoms with E-state index in [4.69, 9.17) is 5.73 Å². The van der Waals surface area contributed by atoms with Gasteiger partial charge in [0.25, 0.3) is 0 Å². The van der Waals surface area contributed by atoms with E-state index in [1.54, 1.807) is 0 Å². The first-order chi connectivity index (χ1) is 10.9. The van der Waals surface area contributed by atoms with Gasteiger partial charge in [-0.15, -0.1) is 0 Å². The third-order valence-electron chi connectivity index (χ3n) is 7.94. The van der Waals surface area contributed by atoms with Crippen LogP contribution in [0.1, 0.15) is 52.4 Å². The van der Waals surface area contributed by atoms with Crippen LogP contribution in [0.5, 0.6) is 0 Å². The third-order valence-corrected chi connectivity index (χ3v) is 7.94. The van der Waals surface area contributed by atoms with E-state index in [1.807, 2.05) is 6.08 Å². The lowest BCUT2D eigenvalue weighted by molar-refractivity contribution is -0.129. The number of nitrogens with two attached hydrogens (primary N) is 1. The number of hydrogen-bond donors (Lipinski definition) is 2. The van der Waals surface area contributed by atoms with Gasteiger partial charge in [-0.1, -0.05) is 13.8 Å². The number of carbonyl (C=O) groups excluding carboxylic acids is 2. The van der Waals surface area contributed by atoms with Crippen molar-refractivity contribution in [1.29, 1.82) is 0 Å². The van der Waals surface area contributed by atoms with Crippen molar-refractivity contribution in [2.45, 2.75) is 52.4 Å². The molecule has 126 valence electrons. The van der Waals surface area contributed by atoms with Gasteiger partial charge in [0.15, 0.2) is 5.78 Å². The minimum atomic E-state index is -0.104. The molecule has 1 heterocycles. The molecule has 4 rings (SSSR count). The Morgan fingerprint density at radius 2 is 2.00 bits per heavy atom. The van der Waals surface area contributed by atoms with Gasteiger partial charge in [0, 0.05) is 36.1 Å². The highest BCUT2D eigenvalue weighted by molar-refractivity contribution is 5.91. The number of hydrogen-bond acceptors (Lipinski definition) is 3. The Balaban J connectivity index is 1.67. The molecule has 0 aromatic carbocycles. The Bertz CT molecular complexity index is 598. The summed E-state index contributed by atoms with van der Waals surface area (Å²) in [5.41, 5.74) is 7.07. The fraction of sp³-hybridized carbons (Fsp3) is 0.789. The number of primary amides is 1. The summed E-state index contributed by atoms with van der Waals surface area (Å²) >= 11 is 0. The summed E-state index contributed by atoms with van der Waals surface area (Å²) in [6.45, 7) is 5.60. The highest BCUT2D eigenvalue weighted by Gasteiger charge is 2.60. The topological polar surface area (TPSA) is 72.2 Å². The van der Waals surface area contributed by atoms with Gasteiger partial charge in [-0.25, -0.2) is 0 Å². The van der Waals surface area contributed by atoms with Crippen LogP contribution in [0, 0.1) is 34.5 Å². The van der Waals surface area contributed by atoms with Gasteiger partial charge >= 0.3 is 0 Å². The number of nitrogens with one attached hydrogen (secondary N) is 1. The van der Waals surface area contributed by atoms with Crippen LogP contribution in [0.2, 0.25) is 0 Å². The van der Waals surface area contributed by atoms with Crippen molar-refractivity contribution in [3.8, 4) is 0 Å². The minimum absolute atomic E-state index is 0.0473. The summed E-state index contributed by atoms with van der Waals surface area (Å²) in [6.07, 6.45) is 7.84. The fourth-order valence-corrected chi connectivity index (χ4v) is 6.61. The molecule has 0 bridgehead atoms. The lowest BCUT2D eigenvalue weighted by atomic mass is 9.50. The number of rotatable bonds is 1. The van der Waals surface area contributed by atoms with E-state index >= 15 is 0 Å². The van der Waals surface area contributed by atoms with Crippen molar-refractivity contribution < 1.29 is 9.59 Å². The summed E-state index contributed by atoms with van der Waals surface area (Å²) < 4.78 is 0. The number of ketones is 1. The molecule has 0 aromatic heterocycles. The number of carbonyl (C=O) groups is 2. The first-order valence-electron chi connectivity index (χ1n) is 9.14. The highest BCUT2D eigenvalue weighted by Crippen LogP contribution is 2.64. The normalized spacial score (nSPS) is 48.6. The summed E-state index contributed by atoms with van der Waals surface area (Å²) in [6, 6.07) is 0. The van der Waals surface area contributed by atoms with E-state index in [-0.39, 0.29) is 28.4 Å². The Morgan fingerprint density at radius 3 is 2.74 bits per heavy atom. The highest BCUT2D eigenvalue weighted by atomic mass is 16.1. The molecule has 0 radical (unpaired) electrons. The predicted octanol–water partition coefficient (Wildman–Crippen LogP) is 2.39. The van der Waals surface area contributed by atoms with Crippen LogP contribution in [0.15, 0.2) is 11.8 Å². The molecule has 1 amide bonds. The second kappa shape index (κ2) is 4.84. The molecule has 3 fully saturated rings. The molecule has 3 N–H and O–H groups in total. The van der Waals surface area contributed by atoms with Gasteiger partial charge in [0.2, 0.25) is 5.91 Å². The summed E-state index contributed by atoms with van der Waals surface area (Å²) in [5, 5.41) is 3.59. The largest absolute Gasteiger partial charge is 0.387 e. The van der Waals surface area contributed by atoms with Crippen molar-refractivity contribution >= 4 is 11.7 Å². The molecule has 4 nitrogen and oxygen atoms in total. The van der Waals surface area contributed by atoms with Gasteiger partial charge in [-0.05, 0) is 55.3 Å². The summed E-state index contributed by atoms with van der Waals surface area (Å²) in [7, 11) is 0. The van der Waals surface area contributed by atoms with Crippen LogP contribution in [0.4, 0.5) is 0 Å². The number of amides is 1. The molecule has 4 aliphatic rings. The second-order valence-electron chi connectivity index (χ2n) is 8.78. The van der Waals surface area contributed by atoms with E-state index in [0.717, 1.165) is 38.6 Å². The van der Waals surface area contributed by atoms with Gasteiger partial charge < -0.3 is 11.1 Å². The zero-order valence-electron chi connectivity index (χ0n) is 14.2. The Kier molecular flexibility index (Phi) is 3.20. The van der Waals surface area contributed by atoms with Crippen LogP contribution in [0.25, 0.3) is 0 Å². The van der Waals surface area contributed by atoms with Gasteiger partial charge in [-0.2, -0.15) is 0 Å². The second-order valence-corrected chi connectivity index (χ2v) is 8.78. The third kappa shape index (κ3) is 1.96. The average molecular weight is 316 g/mol. The van der Waals surface area contributed by atoms with Gasteiger partial charge in [0.1, 0.15) is 0 Å². The van der Waals surface area contributed by atoms with Gasteiger partial charge in [0.05, 0.1) is 0 Å².